The summed E-state index contributed by atoms with van der Waals surface area (Å²) in [7, 11) is 3.39. The number of nitrogens with one attached hydrogen (secondary N) is 1. The van der Waals surface area contributed by atoms with Crippen LogP contribution in [0.15, 0.2) is 67.0 Å². The number of benzene rings is 3. The minimum Gasteiger partial charge on any atom is -0.371 e. The largest absolute Gasteiger partial charge is 0.371 e. The Balaban J connectivity index is 0.995. The molecule has 1 atom stereocenters. The van der Waals surface area contributed by atoms with Crippen LogP contribution in [-0.4, -0.2) is 93.7 Å². The first-order valence-corrected chi connectivity index (χ1v) is 20.0. The molecule has 0 bridgehead atoms. The Kier molecular flexibility index (Phi) is 10.7. The molecule has 12 nitrogen and oxygen atoms in total. The Bertz CT molecular complexity index is 2400. The zero-order valence-corrected chi connectivity index (χ0v) is 32.5. The predicted octanol–water partition coefficient (Wildman–Crippen LogP) is 6.15. The summed E-state index contributed by atoms with van der Waals surface area (Å²) in [5.41, 5.74) is 4.92. The minimum atomic E-state index is -0.696. The van der Waals surface area contributed by atoms with E-state index in [1.165, 1.54) is 28.4 Å². The molecule has 3 aliphatic rings. The molecule has 15 heteroatoms. The molecule has 0 radical (unpaired) electrons. The number of piperidine rings is 2. The van der Waals surface area contributed by atoms with Crippen molar-refractivity contribution in [3.8, 4) is 11.1 Å². The molecular weight excluding hydrogens is 751 g/mol. The molecule has 4 amide bonds. The van der Waals surface area contributed by atoms with Gasteiger partial charge in [0.1, 0.15) is 16.6 Å². The molecule has 3 aromatic carbocycles. The van der Waals surface area contributed by atoms with Crippen molar-refractivity contribution in [2.45, 2.75) is 56.9 Å². The molecule has 0 spiro atoms. The van der Waals surface area contributed by atoms with Crippen LogP contribution in [0, 0.1) is 11.6 Å². The van der Waals surface area contributed by atoms with Crippen molar-refractivity contribution in [1.29, 1.82) is 0 Å². The van der Waals surface area contributed by atoms with Crippen LogP contribution in [0.25, 0.3) is 26.9 Å². The van der Waals surface area contributed by atoms with Gasteiger partial charge in [0, 0.05) is 87.3 Å². The average molecular weight is 793 g/mol. The number of carbonyl (C=O) groups excluding carboxylic acids is 4. The molecule has 2 fully saturated rings. The third kappa shape index (κ3) is 7.93. The summed E-state index contributed by atoms with van der Waals surface area (Å²) in [6.45, 7) is 2.67. The molecule has 0 aliphatic carbocycles. The number of fused-ring (bicyclic) bond motifs is 1. The number of aromatic nitrogens is 4. The van der Waals surface area contributed by atoms with Crippen molar-refractivity contribution in [1.82, 2.24) is 35.1 Å². The van der Waals surface area contributed by atoms with Crippen LogP contribution in [0.3, 0.4) is 0 Å². The third-order valence-electron chi connectivity index (χ3n) is 11.2. The Morgan fingerprint density at radius 1 is 0.965 bits per heavy atom. The number of carbonyl (C=O) groups is 4. The SMILES string of the molecule is CN(C)C(=O)c1cc(-c2ccc(C3CCN(c4ccc(C5CCC(=O)NC5=O)c(F)c4)CC3)c(F)c2)c2nc(C3=CCCN(C(=O)CCn4ccnn4)C3)sc2c1. The highest BCUT2D eigenvalue weighted by Gasteiger charge is 2.31. The number of aryl methyl sites for hydroxylation is 1. The summed E-state index contributed by atoms with van der Waals surface area (Å²) in [6.07, 6.45) is 8.19. The fourth-order valence-electron chi connectivity index (χ4n) is 8.06. The fraction of sp³-hybridized carbons (Fsp3) is 0.357. The van der Waals surface area contributed by atoms with Crippen LogP contribution in [-0.2, 0) is 20.9 Å². The van der Waals surface area contributed by atoms with Gasteiger partial charge < -0.3 is 14.7 Å². The molecule has 5 aromatic rings. The average Bonchev–Trinajstić information content (AvgIpc) is 3.90. The highest BCUT2D eigenvalue weighted by atomic mass is 32.1. The van der Waals surface area contributed by atoms with Gasteiger partial charge in [0.25, 0.3) is 5.91 Å². The quantitative estimate of drug-likeness (QED) is 0.176. The first kappa shape index (κ1) is 38.1. The van der Waals surface area contributed by atoms with E-state index in [-0.39, 0.29) is 47.9 Å². The second kappa shape index (κ2) is 16.0. The maximum absolute atomic E-state index is 16.2. The van der Waals surface area contributed by atoms with Crippen molar-refractivity contribution >= 4 is 56.4 Å². The molecule has 294 valence electrons. The van der Waals surface area contributed by atoms with Crippen molar-refractivity contribution in [3.05, 3.63) is 100 Å². The van der Waals surface area contributed by atoms with E-state index in [0.717, 1.165) is 15.3 Å². The lowest BCUT2D eigenvalue weighted by Crippen LogP contribution is -2.39. The van der Waals surface area contributed by atoms with Crippen LogP contribution in [0.4, 0.5) is 14.5 Å². The monoisotopic (exact) mass is 792 g/mol. The number of rotatable bonds is 9. The number of hydrogen-bond donors (Lipinski definition) is 1. The molecule has 8 rings (SSSR count). The highest BCUT2D eigenvalue weighted by Crippen LogP contribution is 2.39. The van der Waals surface area contributed by atoms with Gasteiger partial charge in [-0.3, -0.25) is 29.2 Å². The summed E-state index contributed by atoms with van der Waals surface area (Å²) in [5, 5.41) is 10.8. The van der Waals surface area contributed by atoms with Gasteiger partial charge in [-0.15, -0.1) is 16.4 Å². The first-order chi connectivity index (χ1) is 27.5. The van der Waals surface area contributed by atoms with Crippen molar-refractivity contribution in [2.24, 2.45) is 0 Å². The normalized spacial score (nSPS) is 17.8. The Labute approximate surface area is 332 Å². The number of amides is 4. The van der Waals surface area contributed by atoms with Crippen molar-refractivity contribution in [3.63, 3.8) is 0 Å². The van der Waals surface area contributed by atoms with Gasteiger partial charge >= 0.3 is 0 Å². The van der Waals surface area contributed by atoms with E-state index >= 15 is 8.78 Å². The minimum absolute atomic E-state index is 0.0209. The van der Waals surface area contributed by atoms with E-state index in [1.54, 1.807) is 49.4 Å². The molecule has 2 aromatic heterocycles. The third-order valence-corrected chi connectivity index (χ3v) is 12.2. The van der Waals surface area contributed by atoms with Crippen LogP contribution < -0.4 is 10.2 Å². The number of hydrogen-bond acceptors (Lipinski definition) is 9. The number of imide groups is 1. The van der Waals surface area contributed by atoms with E-state index in [2.05, 4.69) is 26.6 Å². The Morgan fingerprint density at radius 3 is 2.47 bits per heavy atom. The molecule has 5 heterocycles. The van der Waals surface area contributed by atoms with Crippen molar-refractivity contribution in [2.75, 3.05) is 45.2 Å². The number of thiazole rings is 1. The maximum atomic E-state index is 16.2. The zero-order chi connectivity index (χ0) is 39.8. The van der Waals surface area contributed by atoms with E-state index in [4.69, 9.17) is 4.98 Å². The number of halogens is 2. The number of anilines is 1. The summed E-state index contributed by atoms with van der Waals surface area (Å²) in [5.74, 6) is -2.53. The van der Waals surface area contributed by atoms with Crippen molar-refractivity contribution < 1.29 is 28.0 Å². The standard InChI is InChI=1S/C42H42F2N8O4S/c1-49(2)42(56)28-20-33(39-36(22-28)57-41(47-39)27-4-3-15-51(24-27)38(54)13-18-52-19-14-45-48-52)26-5-7-30(34(43)21-26)25-11-16-50(17-12-25)29-6-8-31(35(44)23-29)32-9-10-37(53)46-40(32)55/h4-8,14,19-23,25,32H,3,9-13,15-18,24H2,1-2H3,(H,46,53,55). The van der Waals surface area contributed by atoms with Gasteiger partial charge in [0.15, 0.2) is 0 Å². The molecule has 1 unspecified atom stereocenters. The molecule has 1 N–H and O–H groups in total. The molecule has 57 heavy (non-hydrogen) atoms. The van der Waals surface area contributed by atoms with Gasteiger partial charge in [-0.2, -0.15) is 0 Å². The Hall–Kier alpha value is -5.83. The first-order valence-electron chi connectivity index (χ1n) is 19.2. The van der Waals surface area contributed by atoms with E-state index in [0.29, 0.717) is 91.9 Å². The van der Waals surface area contributed by atoms with E-state index < -0.39 is 17.6 Å². The van der Waals surface area contributed by atoms with Gasteiger partial charge in [-0.1, -0.05) is 29.5 Å². The molecule has 2 saturated heterocycles. The second-order valence-electron chi connectivity index (χ2n) is 15.0. The lowest BCUT2D eigenvalue weighted by atomic mass is 9.87. The predicted molar refractivity (Wildman–Crippen MR) is 213 cm³/mol. The van der Waals surface area contributed by atoms with E-state index in [9.17, 15) is 19.2 Å². The van der Waals surface area contributed by atoms with Gasteiger partial charge in [-0.05, 0) is 73.1 Å². The topological polar surface area (TPSA) is 134 Å². The summed E-state index contributed by atoms with van der Waals surface area (Å²) < 4.78 is 33.8. The molecule has 3 aliphatic heterocycles. The summed E-state index contributed by atoms with van der Waals surface area (Å²) in [4.78, 5) is 60.7. The zero-order valence-electron chi connectivity index (χ0n) is 31.7. The van der Waals surface area contributed by atoms with Crippen LogP contribution in [0.5, 0.6) is 0 Å². The second-order valence-corrected chi connectivity index (χ2v) is 16.1. The fourth-order valence-corrected chi connectivity index (χ4v) is 9.12. The van der Waals surface area contributed by atoms with Gasteiger partial charge in [0.05, 0.1) is 28.9 Å². The summed E-state index contributed by atoms with van der Waals surface area (Å²) >= 11 is 1.46. The van der Waals surface area contributed by atoms with Gasteiger partial charge in [-0.25, -0.2) is 13.8 Å². The van der Waals surface area contributed by atoms with Crippen LogP contribution in [0.2, 0.25) is 0 Å². The lowest BCUT2D eigenvalue weighted by Gasteiger charge is -2.34. The summed E-state index contributed by atoms with van der Waals surface area (Å²) in [6, 6.07) is 13.7. The van der Waals surface area contributed by atoms with Crippen LogP contribution >= 0.6 is 11.3 Å². The van der Waals surface area contributed by atoms with E-state index in [1.807, 2.05) is 23.1 Å². The number of nitrogens with zero attached hydrogens (tertiary/aromatic N) is 7. The lowest BCUT2D eigenvalue weighted by molar-refractivity contribution is -0.134. The van der Waals surface area contributed by atoms with Gasteiger partial charge in [0.2, 0.25) is 17.7 Å². The smallest absolute Gasteiger partial charge is 0.253 e. The maximum Gasteiger partial charge on any atom is 0.253 e. The van der Waals surface area contributed by atoms with Crippen LogP contribution in [0.1, 0.15) is 76.9 Å². The molecular formula is C42H42F2N8O4S. The Morgan fingerprint density at radius 2 is 1.75 bits per heavy atom. The molecule has 0 saturated carbocycles. The highest BCUT2D eigenvalue weighted by molar-refractivity contribution is 7.19.